The summed E-state index contributed by atoms with van der Waals surface area (Å²) < 4.78 is 15.3. The molecule has 31 heavy (non-hydrogen) atoms. The Morgan fingerprint density at radius 1 is 1.16 bits per heavy atom. The van der Waals surface area contributed by atoms with E-state index in [1.54, 1.807) is 30.5 Å². The second kappa shape index (κ2) is 7.28. The number of imide groups is 1. The molecule has 2 aliphatic heterocycles. The Bertz CT molecular complexity index is 1260. The van der Waals surface area contributed by atoms with Crippen molar-refractivity contribution >= 4 is 29.3 Å². The van der Waals surface area contributed by atoms with E-state index in [0.29, 0.717) is 28.1 Å². The van der Waals surface area contributed by atoms with E-state index in [1.165, 1.54) is 21.7 Å². The van der Waals surface area contributed by atoms with Crippen LogP contribution in [0.15, 0.2) is 42.6 Å². The molecular formula is C21H15ClFN5O3. The van der Waals surface area contributed by atoms with Crippen LogP contribution in [0, 0.1) is 5.82 Å². The van der Waals surface area contributed by atoms with Gasteiger partial charge in [-0.05, 0) is 30.7 Å². The monoisotopic (exact) mass is 439 g/mol. The van der Waals surface area contributed by atoms with Crippen LogP contribution >= 0.6 is 11.6 Å². The first-order valence-electron chi connectivity index (χ1n) is 9.57. The summed E-state index contributed by atoms with van der Waals surface area (Å²) in [5, 5.41) is 10.6. The van der Waals surface area contributed by atoms with Crippen LogP contribution in [0.25, 0.3) is 16.9 Å². The molecule has 2 aromatic carbocycles. The summed E-state index contributed by atoms with van der Waals surface area (Å²) >= 11 is 5.74. The van der Waals surface area contributed by atoms with Crippen molar-refractivity contribution in [2.45, 2.75) is 25.4 Å². The minimum absolute atomic E-state index is 0.0177. The lowest BCUT2D eigenvalue weighted by Gasteiger charge is -2.29. The van der Waals surface area contributed by atoms with Gasteiger partial charge in [0.15, 0.2) is 0 Å². The first-order chi connectivity index (χ1) is 14.9. The number of carbonyl (C=O) groups excluding carboxylic acids is 3. The number of amides is 3. The molecule has 156 valence electrons. The van der Waals surface area contributed by atoms with Gasteiger partial charge in [0.05, 0.1) is 16.9 Å². The van der Waals surface area contributed by atoms with Crippen molar-refractivity contribution in [2.24, 2.45) is 0 Å². The molecule has 0 saturated carbocycles. The number of aromatic nitrogens is 3. The fourth-order valence-corrected chi connectivity index (χ4v) is 4.07. The van der Waals surface area contributed by atoms with Gasteiger partial charge >= 0.3 is 0 Å². The van der Waals surface area contributed by atoms with Crippen molar-refractivity contribution in [1.82, 2.24) is 25.2 Å². The summed E-state index contributed by atoms with van der Waals surface area (Å²) in [6, 6.07) is 8.88. The number of halogens is 2. The summed E-state index contributed by atoms with van der Waals surface area (Å²) in [5.74, 6) is -1.63. The highest BCUT2D eigenvalue weighted by atomic mass is 35.5. The largest absolute Gasteiger partial charge is 0.322 e. The Kier molecular flexibility index (Phi) is 4.55. The zero-order valence-electron chi connectivity index (χ0n) is 16.0. The number of fused-ring (bicyclic) bond motifs is 1. The lowest BCUT2D eigenvalue weighted by Crippen LogP contribution is -2.52. The number of hydrogen-bond acceptors (Lipinski definition) is 5. The number of nitrogens with zero attached hydrogens (tertiary/aromatic N) is 4. The van der Waals surface area contributed by atoms with E-state index >= 15 is 0 Å². The number of piperidine rings is 1. The third-order valence-corrected chi connectivity index (χ3v) is 5.82. The minimum atomic E-state index is -0.700. The van der Waals surface area contributed by atoms with Crippen molar-refractivity contribution in [3.63, 3.8) is 0 Å². The molecule has 1 fully saturated rings. The molecule has 1 saturated heterocycles. The standard InChI is InChI=1S/C21H15ClFN5O3/c22-14-5-4-11(8-15(14)23)16-10-28(26-25-16)17-3-1-2-12-13(17)9-27(21(12)31)18-6-7-19(29)24-20(18)30/h1-5,8,10,18H,6-7,9H2,(H,24,29,30). The highest BCUT2D eigenvalue weighted by Crippen LogP contribution is 2.32. The van der Waals surface area contributed by atoms with E-state index in [4.69, 9.17) is 11.6 Å². The summed E-state index contributed by atoms with van der Waals surface area (Å²) in [7, 11) is 0. The zero-order valence-corrected chi connectivity index (χ0v) is 16.8. The molecule has 3 aromatic rings. The van der Waals surface area contributed by atoms with E-state index in [0.717, 1.165) is 0 Å². The topological polar surface area (TPSA) is 97.2 Å². The SMILES string of the molecule is O=C1CCC(N2Cc3c(cccc3-n3cc(-c4ccc(Cl)c(F)c4)nn3)C2=O)C(=O)N1. The van der Waals surface area contributed by atoms with Gasteiger partial charge in [0.1, 0.15) is 17.6 Å². The number of nitrogens with one attached hydrogen (secondary N) is 1. The Morgan fingerprint density at radius 2 is 2.00 bits per heavy atom. The molecule has 10 heteroatoms. The molecule has 1 aromatic heterocycles. The van der Waals surface area contributed by atoms with E-state index in [2.05, 4.69) is 15.6 Å². The van der Waals surface area contributed by atoms with Crippen LogP contribution in [0.3, 0.4) is 0 Å². The molecule has 5 rings (SSSR count). The average molecular weight is 440 g/mol. The van der Waals surface area contributed by atoms with Crippen molar-refractivity contribution in [2.75, 3.05) is 0 Å². The van der Waals surface area contributed by atoms with E-state index in [-0.39, 0.29) is 36.2 Å². The van der Waals surface area contributed by atoms with Crippen LogP contribution in [-0.2, 0) is 16.1 Å². The molecule has 1 atom stereocenters. The predicted molar refractivity (Wildman–Crippen MR) is 108 cm³/mol. The Hall–Kier alpha value is -3.59. The molecule has 3 heterocycles. The first-order valence-corrected chi connectivity index (χ1v) is 9.95. The molecule has 0 aliphatic carbocycles. The number of hydrogen-bond donors (Lipinski definition) is 1. The number of carbonyl (C=O) groups is 3. The van der Waals surface area contributed by atoms with Gasteiger partial charge in [0.2, 0.25) is 11.8 Å². The van der Waals surface area contributed by atoms with Gasteiger partial charge in [-0.2, -0.15) is 0 Å². The molecule has 3 amide bonds. The maximum absolute atomic E-state index is 13.8. The van der Waals surface area contributed by atoms with Crippen LogP contribution in [-0.4, -0.2) is 43.7 Å². The zero-order chi connectivity index (χ0) is 21.7. The van der Waals surface area contributed by atoms with Gasteiger partial charge in [0.25, 0.3) is 5.91 Å². The molecule has 1 N–H and O–H groups in total. The van der Waals surface area contributed by atoms with Gasteiger partial charge in [-0.25, -0.2) is 9.07 Å². The lowest BCUT2D eigenvalue weighted by molar-refractivity contribution is -0.136. The minimum Gasteiger partial charge on any atom is -0.322 e. The van der Waals surface area contributed by atoms with Crippen molar-refractivity contribution in [1.29, 1.82) is 0 Å². The Balaban J connectivity index is 1.47. The highest BCUT2D eigenvalue weighted by molar-refractivity contribution is 6.30. The fraction of sp³-hybridized carbons (Fsp3) is 0.190. The number of rotatable bonds is 3. The second-order valence-corrected chi connectivity index (χ2v) is 7.79. The molecule has 8 nitrogen and oxygen atoms in total. The van der Waals surface area contributed by atoms with Crippen LogP contribution in [0.1, 0.15) is 28.8 Å². The smallest absolute Gasteiger partial charge is 0.255 e. The molecule has 2 aliphatic rings. The van der Waals surface area contributed by atoms with E-state index < -0.39 is 17.8 Å². The Morgan fingerprint density at radius 3 is 2.77 bits per heavy atom. The third-order valence-electron chi connectivity index (χ3n) is 5.51. The van der Waals surface area contributed by atoms with Gasteiger partial charge in [-0.15, -0.1) is 5.10 Å². The van der Waals surface area contributed by atoms with Crippen LogP contribution in [0.2, 0.25) is 5.02 Å². The summed E-state index contributed by atoms with van der Waals surface area (Å²) in [6.07, 6.45) is 2.11. The Labute approximate surface area is 180 Å². The van der Waals surface area contributed by atoms with Crippen molar-refractivity contribution < 1.29 is 18.8 Å². The summed E-state index contributed by atoms with van der Waals surface area (Å²) in [5.41, 5.74) is 2.77. The van der Waals surface area contributed by atoms with E-state index in [1.807, 2.05) is 0 Å². The average Bonchev–Trinajstić information content (AvgIpc) is 3.36. The summed E-state index contributed by atoms with van der Waals surface area (Å²) in [6.45, 7) is 0.210. The van der Waals surface area contributed by atoms with Crippen molar-refractivity contribution in [3.05, 3.63) is 64.6 Å². The number of benzene rings is 2. The van der Waals surface area contributed by atoms with Gasteiger partial charge in [-0.1, -0.05) is 28.9 Å². The molecule has 0 spiro atoms. The van der Waals surface area contributed by atoms with E-state index in [9.17, 15) is 18.8 Å². The second-order valence-electron chi connectivity index (χ2n) is 7.38. The predicted octanol–water partition coefficient (Wildman–Crippen LogP) is 2.49. The maximum atomic E-state index is 13.8. The molecular weight excluding hydrogens is 425 g/mol. The van der Waals surface area contributed by atoms with Crippen molar-refractivity contribution in [3.8, 4) is 16.9 Å². The van der Waals surface area contributed by atoms with Gasteiger partial charge in [-0.3, -0.25) is 19.7 Å². The molecule has 0 radical (unpaired) electrons. The lowest BCUT2D eigenvalue weighted by atomic mass is 10.0. The first kappa shape index (κ1) is 19.4. The highest BCUT2D eigenvalue weighted by Gasteiger charge is 2.40. The molecule has 0 bridgehead atoms. The fourth-order valence-electron chi connectivity index (χ4n) is 3.95. The third kappa shape index (κ3) is 3.27. The molecule has 1 unspecified atom stereocenters. The van der Waals surface area contributed by atoms with Crippen LogP contribution in [0.5, 0.6) is 0 Å². The summed E-state index contributed by atoms with van der Waals surface area (Å²) in [4.78, 5) is 38.1. The van der Waals surface area contributed by atoms with Crippen LogP contribution in [0.4, 0.5) is 4.39 Å². The maximum Gasteiger partial charge on any atom is 0.255 e. The normalized spacial score (nSPS) is 18.3. The van der Waals surface area contributed by atoms with Gasteiger partial charge in [0, 0.05) is 29.7 Å². The quantitative estimate of drug-likeness (QED) is 0.632. The van der Waals surface area contributed by atoms with Crippen LogP contribution < -0.4 is 5.32 Å². The van der Waals surface area contributed by atoms with Gasteiger partial charge < -0.3 is 4.90 Å².